The third-order valence-corrected chi connectivity index (χ3v) is 2.28. The van der Waals surface area contributed by atoms with Crippen molar-refractivity contribution in [3.8, 4) is 5.75 Å². The SMILES string of the molecule is [2H]C([2H])([2H])Oc1ccc2[nH]cc(CC([2H])([2H])N(C([2H])([2H])[2H])C([2H])([2H])[2H])c2c1. The van der Waals surface area contributed by atoms with E-state index >= 15 is 0 Å². The van der Waals surface area contributed by atoms with Gasteiger partial charge in [0.15, 0.2) is 0 Å². The van der Waals surface area contributed by atoms with Crippen molar-refractivity contribution in [3.05, 3.63) is 30.0 Å². The average Bonchev–Trinajstić information content (AvgIpc) is 2.74. The molecule has 0 aliphatic rings. The maximum absolute atomic E-state index is 8.08. The van der Waals surface area contributed by atoms with Gasteiger partial charge in [0, 0.05) is 34.6 Å². The highest BCUT2D eigenvalue weighted by Crippen LogP contribution is 2.23. The van der Waals surface area contributed by atoms with Crippen LogP contribution in [0.4, 0.5) is 0 Å². The molecule has 1 N–H and O–H groups in total. The van der Waals surface area contributed by atoms with E-state index in [0.717, 1.165) is 0 Å². The topological polar surface area (TPSA) is 28.3 Å². The second kappa shape index (κ2) is 4.58. The number of fused-ring (bicyclic) bond motifs is 1. The second-order valence-electron chi connectivity index (χ2n) is 3.29. The molecule has 0 atom stereocenters. The Kier molecular flexibility index (Phi) is 1.08. The summed E-state index contributed by atoms with van der Waals surface area (Å²) in [6.45, 7) is -9.10. The summed E-state index contributed by atoms with van der Waals surface area (Å²) < 4.78 is 86.8. The molecule has 0 radical (unpaired) electrons. The lowest BCUT2D eigenvalue weighted by atomic mass is 10.1. The molecule has 0 bridgehead atoms. The van der Waals surface area contributed by atoms with Crippen LogP contribution in [0.5, 0.6) is 5.75 Å². The summed E-state index contributed by atoms with van der Waals surface area (Å²) in [6, 6.07) is 4.32. The molecule has 3 nitrogen and oxygen atoms in total. The molecule has 0 aliphatic carbocycles. The maximum Gasteiger partial charge on any atom is 0.119 e. The van der Waals surface area contributed by atoms with Gasteiger partial charge in [0.1, 0.15) is 5.75 Å². The van der Waals surface area contributed by atoms with Gasteiger partial charge in [-0.25, -0.2) is 0 Å². The first-order chi connectivity index (χ1) is 12.0. The summed E-state index contributed by atoms with van der Waals surface area (Å²) in [5.41, 5.74) is 0.817. The predicted molar refractivity (Wildman–Crippen MR) is 67.1 cm³/mol. The summed E-state index contributed by atoms with van der Waals surface area (Å²) in [5, 5.41) is 0.400. The second-order valence-corrected chi connectivity index (χ2v) is 3.29. The molecular weight excluding hydrogens is 200 g/mol. The Morgan fingerprint density at radius 1 is 1.50 bits per heavy atom. The smallest absolute Gasteiger partial charge is 0.119 e. The minimum atomic E-state index is -3.18. The van der Waals surface area contributed by atoms with Crippen LogP contribution in [0.1, 0.15) is 20.6 Å². The summed E-state index contributed by atoms with van der Waals surface area (Å²) in [6.07, 6.45) is 0.861. The zero-order chi connectivity index (χ0) is 20.8. The van der Waals surface area contributed by atoms with Crippen LogP contribution in [0.3, 0.4) is 0 Å². The number of hydrogen-bond acceptors (Lipinski definition) is 2. The number of rotatable bonds is 4. The van der Waals surface area contributed by atoms with Crippen molar-refractivity contribution in [2.75, 3.05) is 27.5 Å². The van der Waals surface area contributed by atoms with E-state index in [2.05, 4.69) is 4.98 Å². The third kappa shape index (κ3) is 2.19. The Labute approximate surface area is 111 Å². The van der Waals surface area contributed by atoms with Crippen LogP contribution in [0.2, 0.25) is 0 Å². The zero-order valence-electron chi connectivity index (χ0n) is 19.4. The number of likely N-dealkylation sites (N-methyl/N-ethyl adjacent to an activating group) is 1. The van der Waals surface area contributed by atoms with Gasteiger partial charge in [-0.2, -0.15) is 0 Å². The van der Waals surface area contributed by atoms with Gasteiger partial charge in [-0.05, 0) is 44.1 Å². The van der Waals surface area contributed by atoms with Gasteiger partial charge >= 0.3 is 0 Å². The normalized spacial score (nSPS) is 24.7. The fraction of sp³-hybridized carbons (Fsp3) is 0.385. The number of hydrogen-bond donors (Lipinski definition) is 1. The molecule has 0 fully saturated rings. The standard InChI is InChI=1S/C13H18N2O/c1-15(2)7-6-10-9-14-13-5-4-11(16-3)8-12(10)13/h4-5,8-9,14H,6-7H2,1-3H3/i1D3,2D3,3D3,7D2. The van der Waals surface area contributed by atoms with Gasteiger partial charge in [-0.3, -0.25) is 0 Å². The summed E-state index contributed by atoms with van der Waals surface area (Å²) >= 11 is 0. The Hall–Kier alpha value is -1.48. The minimum Gasteiger partial charge on any atom is -0.497 e. The van der Waals surface area contributed by atoms with Gasteiger partial charge in [-0.15, -0.1) is 0 Å². The molecule has 0 saturated carbocycles. The number of methoxy groups -OCH3 is 1. The zero-order valence-corrected chi connectivity index (χ0v) is 8.37. The molecule has 1 heterocycles. The van der Waals surface area contributed by atoms with Crippen LogP contribution in [0, 0.1) is 0 Å². The number of nitrogens with zero attached hydrogens (tertiary/aromatic N) is 1. The fourth-order valence-corrected chi connectivity index (χ4v) is 1.53. The molecule has 0 spiro atoms. The van der Waals surface area contributed by atoms with Gasteiger partial charge in [0.25, 0.3) is 0 Å². The Balaban J connectivity index is 2.43. The van der Waals surface area contributed by atoms with E-state index in [1.807, 2.05) is 0 Å². The fourth-order valence-electron chi connectivity index (χ4n) is 1.53. The van der Waals surface area contributed by atoms with Gasteiger partial charge in [-0.1, -0.05) is 0 Å². The summed E-state index contributed by atoms with van der Waals surface area (Å²) in [4.78, 5) is 2.74. The van der Waals surface area contributed by atoms with Crippen LogP contribution < -0.4 is 4.74 Å². The quantitative estimate of drug-likeness (QED) is 0.871. The number of aryl methyl sites for hydroxylation is 1. The Bertz CT molecular complexity index is 789. The van der Waals surface area contributed by atoms with Crippen LogP contribution >= 0.6 is 0 Å². The van der Waals surface area contributed by atoms with E-state index in [1.54, 1.807) is 0 Å². The molecule has 1 aromatic heterocycles. The van der Waals surface area contributed by atoms with Crippen LogP contribution in [0.25, 0.3) is 10.9 Å². The lowest BCUT2D eigenvalue weighted by molar-refractivity contribution is 0.413. The summed E-state index contributed by atoms with van der Waals surface area (Å²) in [5.74, 6) is 0.0208. The molecule has 3 heteroatoms. The van der Waals surface area contributed by atoms with Crippen LogP contribution in [-0.2, 0) is 6.42 Å². The van der Waals surface area contributed by atoms with Crippen molar-refractivity contribution in [2.24, 2.45) is 0 Å². The van der Waals surface area contributed by atoms with Crippen molar-refractivity contribution in [1.82, 2.24) is 9.88 Å². The number of H-pyrrole nitrogens is 1. The van der Waals surface area contributed by atoms with E-state index in [4.69, 9.17) is 19.8 Å². The predicted octanol–water partition coefficient (Wildman–Crippen LogP) is 2.28. The highest BCUT2D eigenvalue weighted by Gasteiger charge is 2.05. The van der Waals surface area contributed by atoms with Crippen LogP contribution in [0.15, 0.2) is 24.4 Å². The highest BCUT2D eigenvalue weighted by molar-refractivity contribution is 5.84. The van der Waals surface area contributed by atoms with Crippen molar-refractivity contribution in [2.45, 2.75) is 6.42 Å². The molecule has 2 rings (SSSR count). The van der Waals surface area contributed by atoms with E-state index in [0.29, 0.717) is 10.9 Å². The lowest BCUT2D eigenvalue weighted by Crippen LogP contribution is -2.14. The van der Waals surface area contributed by atoms with E-state index in [9.17, 15) is 0 Å². The monoisotopic (exact) mass is 229 g/mol. The molecule has 0 aliphatic heterocycles. The Morgan fingerprint density at radius 3 is 3.25 bits per heavy atom. The molecule has 16 heavy (non-hydrogen) atoms. The van der Waals surface area contributed by atoms with Crippen molar-refractivity contribution >= 4 is 10.9 Å². The van der Waals surface area contributed by atoms with Crippen molar-refractivity contribution < 1.29 is 19.8 Å². The van der Waals surface area contributed by atoms with Crippen LogP contribution in [-0.4, -0.2) is 37.4 Å². The minimum absolute atomic E-state index is 0.0208. The van der Waals surface area contributed by atoms with E-state index in [1.165, 1.54) is 24.4 Å². The van der Waals surface area contributed by atoms with E-state index < -0.39 is 33.9 Å². The number of benzene rings is 1. The molecular formula is C13H18N2O. The molecule has 2 aromatic rings. The van der Waals surface area contributed by atoms with E-state index in [-0.39, 0.29) is 16.2 Å². The number of aromatic amines is 1. The molecule has 0 saturated heterocycles. The highest BCUT2D eigenvalue weighted by atomic mass is 16.5. The molecule has 0 amide bonds. The van der Waals surface area contributed by atoms with Crippen molar-refractivity contribution in [1.29, 1.82) is 0 Å². The number of aromatic nitrogens is 1. The summed E-state index contributed by atoms with van der Waals surface area (Å²) in [7, 11) is -2.67. The number of nitrogens with one attached hydrogen (secondary N) is 1. The van der Waals surface area contributed by atoms with Crippen molar-refractivity contribution in [3.63, 3.8) is 0 Å². The average molecular weight is 229 g/mol. The molecule has 0 unspecified atom stereocenters. The first kappa shape index (κ1) is 3.77. The molecule has 86 valence electrons. The number of ether oxygens (including phenoxy) is 1. The van der Waals surface area contributed by atoms with Gasteiger partial charge < -0.3 is 14.6 Å². The lowest BCUT2D eigenvalue weighted by Gasteiger charge is -2.08. The Morgan fingerprint density at radius 2 is 2.44 bits per heavy atom. The maximum atomic E-state index is 8.08. The first-order valence-electron chi connectivity index (χ1n) is 10.1. The molecule has 1 aromatic carbocycles. The first-order valence-corrected chi connectivity index (χ1v) is 4.60. The third-order valence-electron chi connectivity index (χ3n) is 2.28. The van der Waals surface area contributed by atoms with Gasteiger partial charge in [0.05, 0.1) is 11.2 Å². The van der Waals surface area contributed by atoms with Gasteiger partial charge in [0.2, 0.25) is 0 Å². The largest absolute Gasteiger partial charge is 0.497 e.